The molecular formula is C14H26N2. The smallest absolute Gasteiger partial charge is 0.0127 e. The first-order valence-corrected chi connectivity index (χ1v) is 7.33. The van der Waals surface area contributed by atoms with Crippen molar-refractivity contribution in [2.45, 2.75) is 63.5 Å². The van der Waals surface area contributed by atoms with Gasteiger partial charge in [-0.2, -0.15) is 0 Å². The molecule has 4 unspecified atom stereocenters. The van der Waals surface area contributed by atoms with E-state index >= 15 is 0 Å². The molecule has 4 atom stereocenters. The van der Waals surface area contributed by atoms with Gasteiger partial charge in [0.15, 0.2) is 0 Å². The molecular weight excluding hydrogens is 196 g/mol. The zero-order chi connectivity index (χ0) is 11.0. The summed E-state index contributed by atoms with van der Waals surface area (Å²) in [6.45, 7) is 1.25. The second-order valence-corrected chi connectivity index (χ2v) is 6.34. The van der Waals surface area contributed by atoms with Crippen LogP contribution in [0, 0.1) is 17.8 Å². The summed E-state index contributed by atoms with van der Waals surface area (Å²) < 4.78 is 0. The molecule has 2 saturated carbocycles. The van der Waals surface area contributed by atoms with Gasteiger partial charge in [0.2, 0.25) is 0 Å². The topological polar surface area (TPSA) is 38.0 Å². The van der Waals surface area contributed by atoms with Crippen LogP contribution < -0.4 is 11.1 Å². The summed E-state index contributed by atoms with van der Waals surface area (Å²) in [7, 11) is 0. The molecule has 3 N–H and O–H groups in total. The molecule has 1 saturated heterocycles. The highest BCUT2D eigenvalue weighted by molar-refractivity contribution is 5.00. The van der Waals surface area contributed by atoms with Gasteiger partial charge >= 0.3 is 0 Å². The summed E-state index contributed by atoms with van der Waals surface area (Å²) in [6.07, 6.45) is 11.4. The fraction of sp³-hybridized carbons (Fsp3) is 1.00. The number of nitrogens with two attached hydrogens (primary N) is 1. The molecule has 3 fully saturated rings. The van der Waals surface area contributed by atoms with E-state index in [0.717, 1.165) is 23.8 Å². The van der Waals surface area contributed by atoms with E-state index in [0.29, 0.717) is 6.04 Å². The Labute approximate surface area is 99.4 Å². The van der Waals surface area contributed by atoms with Gasteiger partial charge in [0, 0.05) is 12.1 Å². The lowest BCUT2D eigenvalue weighted by molar-refractivity contribution is 0.275. The molecule has 2 nitrogen and oxygen atoms in total. The fourth-order valence-electron chi connectivity index (χ4n) is 4.50. The largest absolute Gasteiger partial charge is 0.328 e. The van der Waals surface area contributed by atoms with Crippen LogP contribution >= 0.6 is 0 Å². The third-order valence-corrected chi connectivity index (χ3v) is 5.27. The number of hydrogen-bond acceptors (Lipinski definition) is 2. The van der Waals surface area contributed by atoms with Crippen LogP contribution in [0.4, 0.5) is 0 Å². The minimum Gasteiger partial charge on any atom is -0.328 e. The number of hydrogen-bond donors (Lipinski definition) is 2. The lowest BCUT2D eigenvalue weighted by Crippen LogP contribution is -2.36. The van der Waals surface area contributed by atoms with Crippen molar-refractivity contribution in [3.63, 3.8) is 0 Å². The molecule has 2 heteroatoms. The Morgan fingerprint density at radius 2 is 1.62 bits per heavy atom. The monoisotopic (exact) mass is 222 g/mol. The Bertz CT molecular complexity index is 233. The highest BCUT2D eigenvalue weighted by Crippen LogP contribution is 2.42. The van der Waals surface area contributed by atoms with E-state index in [9.17, 15) is 0 Å². The van der Waals surface area contributed by atoms with E-state index in [1.54, 1.807) is 0 Å². The van der Waals surface area contributed by atoms with Crippen LogP contribution in [0.2, 0.25) is 0 Å². The van der Waals surface area contributed by atoms with Crippen molar-refractivity contribution in [3.8, 4) is 0 Å². The maximum absolute atomic E-state index is 6.12. The van der Waals surface area contributed by atoms with Gasteiger partial charge in [-0.3, -0.25) is 0 Å². The highest BCUT2D eigenvalue weighted by atomic mass is 15.0. The first-order chi connectivity index (χ1) is 7.84. The van der Waals surface area contributed by atoms with E-state index in [4.69, 9.17) is 5.73 Å². The first-order valence-electron chi connectivity index (χ1n) is 7.33. The van der Waals surface area contributed by atoms with E-state index in [1.807, 2.05) is 0 Å². The Morgan fingerprint density at radius 3 is 2.38 bits per heavy atom. The molecule has 16 heavy (non-hydrogen) atoms. The summed E-state index contributed by atoms with van der Waals surface area (Å²) in [6, 6.07) is 1.32. The normalized spacial score (nSPS) is 45.6. The molecule has 2 aliphatic carbocycles. The molecule has 3 aliphatic rings. The third-order valence-electron chi connectivity index (χ3n) is 5.27. The Balaban J connectivity index is 1.65. The molecule has 0 spiro atoms. The van der Waals surface area contributed by atoms with Crippen molar-refractivity contribution in [3.05, 3.63) is 0 Å². The zero-order valence-electron chi connectivity index (χ0n) is 10.3. The maximum Gasteiger partial charge on any atom is 0.0127 e. The van der Waals surface area contributed by atoms with Crippen molar-refractivity contribution in [1.29, 1.82) is 0 Å². The fourth-order valence-corrected chi connectivity index (χ4v) is 4.50. The van der Waals surface area contributed by atoms with Crippen molar-refractivity contribution >= 4 is 0 Å². The summed E-state index contributed by atoms with van der Waals surface area (Å²) in [5, 5.41) is 3.82. The Hall–Kier alpha value is -0.0800. The average Bonchev–Trinajstić information content (AvgIpc) is 2.68. The SMILES string of the molecule is NC1CC2CNC(C3CCCCCC3)C2C1. The molecule has 92 valence electrons. The molecule has 0 aromatic carbocycles. The number of nitrogens with one attached hydrogen (secondary N) is 1. The Morgan fingerprint density at radius 1 is 0.875 bits per heavy atom. The van der Waals surface area contributed by atoms with Crippen molar-refractivity contribution < 1.29 is 0 Å². The summed E-state index contributed by atoms with van der Waals surface area (Å²) in [5.74, 6) is 2.78. The van der Waals surface area contributed by atoms with E-state index in [2.05, 4.69) is 5.32 Å². The van der Waals surface area contributed by atoms with Crippen LogP contribution in [-0.4, -0.2) is 18.6 Å². The standard InChI is InChI=1S/C14H26N2/c15-12-7-11-9-16-14(13(11)8-12)10-5-3-1-2-4-6-10/h10-14,16H,1-9,15H2. The van der Waals surface area contributed by atoms with Crippen LogP contribution in [0.1, 0.15) is 51.4 Å². The lowest BCUT2D eigenvalue weighted by atomic mass is 9.82. The van der Waals surface area contributed by atoms with Gasteiger partial charge in [-0.1, -0.05) is 25.7 Å². The molecule has 3 rings (SSSR count). The van der Waals surface area contributed by atoms with Gasteiger partial charge in [0.1, 0.15) is 0 Å². The lowest BCUT2D eigenvalue weighted by Gasteiger charge is -2.27. The van der Waals surface area contributed by atoms with Gasteiger partial charge < -0.3 is 11.1 Å². The summed E-state index contributed by atoms with van der Waals surface area (Å²) in [5.41, 5.74) is 6.12. The number of rotatable bonds is 1. The summed E-state index contributed by atoms with van der Waals surface area (Å²) >= 11 is 0. The third kappa shape index (κ3) is 2.02. The second kappa shape index (κ2) is 4.66. The van der Waals surface area contributed by atoms with E-state index in [1.165, 1.54) is 57.9 Å². The van der Waals surface area contributed by atoms with Crippen molar-refractivity contribution in [1.82, 2.24) is 5.32 Å². The Kier molecular flexibility index (Phi) is 3.21. The average molecular weight is 222 g/mol. The second-order valence-electron chi connectivity index (χ2n) is 6.34. The molecule has 0 radical (unpaired) electrons. The van der Waals surface area contributed by atoms with Gasteiger partial charge in [0.05, 0.1) is 0 Å². The maximum atomic E-state index is 6.12. The van der Waals surface area contributed by atoms with Gasteiger partial charge in [0.25, 0.3) is 0 Å². The first kappa shape index (κ1) is 11.0. The summed E-state index contributed by atoms with van der Waals surface area (Å²) in [4.78, 5) is 0. The van der Waals surface area contributed by atoms with E-state index < -0.39 is 0 Å². The minimum atomic E-state index is 0.505. The van der Waals surface area contributed by atoms with Crippen LogP contribution in [0.25, 0.3) is 0 Å². The van der Waals surface area contributed by atoms with Crippen molar-refractivity contribution in [2.24, 2.45) is 23.5 Å². The van der Waals surface area contributed by atoms with Gasteiger partial charge in [-0.05, 0) is 50.0 Å². The molecule has 1 aliphatic heterocycles. The quantitative estimate of drug-likeness (QED) is 0.668. The molecule has 0 bridgehead atoms. The van der Waals surface area contributed by atoms with Crippen LogP contribution in [0.3, 0.4) is 0 Å². The van der Waals surface area contributed by atoms with Crippen LogP contribution in [0.15, 0.2) is 0 Å². The van der Waals surface area contributed by atoms with Crippen LogP contribution in [0.5, 0.6) is 0 Å². The highest BCUT2D eigenvalue weighted by Gasteiger charge is 2.44. The predicted octanol–water partition coefficient (Wildman–Crippen LogP) is 2.28. The molecule has 1 heterocycles. The van der Waals surface area contributed by atoms with Crippen molar-refractivity contribution in [2.75, 3.05) is 6.54 Å². The predicted molar refractivity (Wildman–Crippen MR) is 67.2 cm³/mol. The van der Waals surface area contributed by atoms with Gasteiger partial charge in [-0.25, -0.2) is 0 Å². The molecule has 0 aromatic heterocycles. The minimum absolute atomic E-state index is 0.505. The molecule has 0 aromatic rings. The van der Waals surface area contributed by atoms with E-state index in [-0.39, 0.29) is 0 Å². The molecule has 0 amide bonds. The van der Waals surface area contributed by atoms with Crippen LogP contribution in [-0.2, 0) is 0 Å². The number of fused-ring (bicyclic) bond motifs is 1. The zero-order valence-corrected chi connectivity index (χ0v) is 10.3. The van der Waals surface area contributed by atoms with Gasteiger partial charge in [-0.15, -0.1) is 0 Å².